The number of hydrogen-bond donors (Lipinski definition) is 1. The van der Waals surface area contributed by atoms with Crippen LogP contribution in [0.3, 0.4) is 0 Å². The van der Waals surface area contributed by atoms with Gasteiger partial charge in [-0.15, -0.1) is 0 Å². The van der Waals surface area contributed by atoms with E-state index in [-0.39, 0.29) is 16.5 Å². The number of halogens is 6. The van der Waals surface area contributed by atoms with Crippen molar-refractivity contribution < 1.29 is 36.2 Å². The first-order valence-electron chi connectivity index (χ1n) is 6.05. The van der Waals surface area contributed by atoms with Gasteiger partial charge in [-0.1, -0.05) is 11.6 Å². The van der Waals surface area contributed by atoms with Crippen molar-refractivity contribution in [2.45, 2.75) is 0 Å². The van der Waals surface area contributed by atoms with Gasteiger partial charge in [0.25, 0.3) is 0 Å². The SMILES string of the molecule is COc1cc(N)c(Cl)cc1C(=O)Oc1c(F)c(F)c(F)c(F)c1F. The largest absolute Gasteiger partial charge is 0.496 e. The Morgan fingerprint density at radius 3 is 2.00 bits per heavy atom. The van der Waals surface area contributed by atoms with Gasteiger partial charge in [-0.25, -0.2) is 18.0 Å². The molecule has 0 radical (unpaired) electrons. The van der Waals surface area contributed by atoms with Crippen LogP contribution in [0.4, 0.5) is 27.6 Å². The number of methoxy groups -OCH3 is 1. The van der Waals surface area contributed by atoms with Gasteiger partial charge < -0.3 is 15.2 Å². The second-order valence-electron chi connectivity index (χ2n) is 4.36. The number of carbonyl (C=O) groups is 1. The van der Waals surface area contributed by atoms with E-state index in [4.69, 9.17) is 22.1 Å². The van der Waals surface area contributed by atoms with Crippen LogP contribution < -0.4 is 15.2 Å². The molecule has 0 aliphatic carbocycles. The number of carbonyl (C=O) groups excluding carboxylic acids is 1. The molecule has 0 saturated carbocycles. The lowest BCUT2D eigenvalue weighted by molar-refractivity contribution is 0.0712. The van der Waals surface area contributed by atoms with Crippen LogP contribution >= 0.6 is 11.6 Å². The molecular weight excluding hydrogens is 361 g/mol. The Hall–Kier alpha value is -2.55. The molecule has 0 aliphatic heterocycles. The van der Waals surface area contributed by atoms with Crippen molar-refractivity contribution in [1.29, 1.82) is 0 Å². The number of ether oxygens (including phenoxy) is 2. The molecule has 24 heavy (non-hydrogen) atoms. The van der Waals surface area contributed by atoms with Gasteiger partial charge >= 0.3 is 5.97 Å². The van der Waals surface area contributed by atoms with Crippen molar-refractivity contribution >= 4 is 23.3 Å². The molecule has 0 fully saturated rings. The van der Waals surface area contributed by atoms with Gasteiger partial charge in [0, 0.05) is 6.07 Å². The van der Waals surface area contributed by atoms with E-state index in [0.29, 0.717) is 0 Å². The molecule has 4 nitrogen and oxygen atoms in total. The molecule has 2 aromatic rings. The summed E-state index contributed by atoms with van der Waals surface area (Å²) in [5, 5.41) is -0.111. The quantitative estimate of drug-likeness (QED) is 0.223. The molecule has 128 valence electrons. The molecule has 2 N–H and O–H groups in total. The minimum Gasteiger partial charge on any atom is -0.496 e. The Bertz CT molecular complexity index is 815. The Morgan fingerprint density at radius 1 is 1.00 bits per heavy atom. The Labute approximate surface area is 136 Å². The summed E-state index contributed by atoms with van der Waals surface area (Å²) in [6.07, 6.45) is 0. The van der Waals surface area contributed by atoms with E-state index in [1.807, 2.05) is 0 Å². The second-order valence-corrected chi connectivity index (χ2v) is 4.77. The summed E-state index contributed by atoms with van der Waals surface area (Å²) < 4.78 is 75.4. The zero-order chi connectivity index (χ0) is 18.2. The maximum atomic E-state index is 13.5. The average molecular weight is 368 g/mol. The molecule has 0 atom stereocenters. The van der Waals surface area contributed by atoms with Crippen molar-refractivity contribution in [1.82, 2.24) is 0 Å². The summed E-state index contributed by atoms with van der Waals surface area (Å²) in [5.74, 6) is -14.8. The summed E-state index contributed by atoms with van der Waals surface area (Å²) in [6, 6.07) is 2.08. The third-order valence-corrected chi connectivity index (χ3v) is 3.23. The summed E-state index contributed by atoms with van der Waals surface area (Å²) in [7, 11) is 1.15. The topological polar surface area (TPSA) is 61.5 Å². The minimum absolute atomic E-state index is 0.0290. The Balaban J connectivity index is 2.51. The highest BCUT2D eigenvalue weighted by molar-refractivity contribution is 6.33. The number of esters is 1. The summed E-state index contributed by atoms with van der Waals surface area (Å²) in [4.78, 5) is 12.0. The standard InChI is InChI=1S/C14H7ClF5NO3/c1-23-7-3-6(21)5(15)2-4(7)14(22)24-13-11(19)9(17)8(16)10(18)12(13)20/h2-3H,21H2,1H3. The first-order chi connectivity index (χ1) is 11.2. The minimum atomic E-state index is -2.38. The van der Waals surface area contributed by atoms with Crippen molar-refractivity contribution in [2.24, 2.45) is 0 Å². The molecule has 0 heterocycles. The highest BCUT2D eigenvalue weighted by Crippen LogP contribution is 2.32. The molecule has 0 amide bonds. The maximum absolute atomic E-state index is 13.5. The number of nitrogens with two attached hydrogens (primary N) is 1. The van der Waals surface area contributed by atoms with Crippen LogP contribution in [0.5, 0.6) is 11.5 Å². The highest BCUT2D eigenvalue weighted by atomic mass is 35.5. The van der Waals surface area contributed by atoms with Crippen LogP contribution in [0.25, 0.3) is 0 Å². The molecule has 2 rings (SSSR count). The van der Waals surface area contributed by atoms with E-state index in [2.05, 4.69) is 4.74 Å². The van der Waals surface area contributed by atoms with Gasteiger partial charge in [0.2, 0.25) is 34.8 Å². The monoisotopic (exact) mass is 367 g/mol. The third kappa shape index (κ3) is 2.94. The van der Waals surface area contributed by atoms with E-state index in [1.54, 1.807) is 0 Å². The van der Waals surface area contributed by atoms with Crippen molar-refractivity contribution in [3.63, 3.8) is 0 Å². The molecule has 0 aliphatic rings. The second kappa shape index (κ2) is 6.52. The van der Waals surface area contributed by atoms with Crippen molar-refractivity contribution in [3.05, 3.63) is 51.8 Å². The predicted octanol–water partition coefficient (Wildman–Crippen LogP) is 3.85. The number of rotatable bonds is 3. The molecule has 0 aromatic heterocycles. The highest BCUT2D eigenvalue weighted by Gasteiger charge is 2.29. The van der Waals surface area contributed by atoms with Crippen molar-refractivity contribution in [2.75, 3.05) is 12.8 Å². The fourth-order valence-electron chi connectivity index (χ4n) is 1.72. The van der Waals surface area contributed by atoms with Crippen LogP contribution in [0.1, 0.15) is 10.4 Å². The van der Waals surface area contributed by atoms with E-state index in [0.717, 1.165) is 19.2 Å². The molecule has 0 spiro atoms. The first-order valence-corrected chi connectivity index (χ1v) is 6.43. The molecule has 0 unspecified atom stereocenters. The lowest BCUT2D eigenvalue weighted by atomic mass is 10.2. The number of benzene rings is 2. The van der Waals surface area contributed by atoms with Gasteiger partial charge in [-0.3, -0.25) is 0 Å². The number of anilines is 1. The zero-order valence-electron chi connectivity index (χ0n) is 11.7. The van der Waals surface area contributed by atoms with Crippen LogP contribution in [-0.4, -0.2) is 13.1 Å². The lowest BCUT2D eigenvalue weighted by Crippen LogP contribution is -2.15. The van der Waals surface area contributed by atoms with Gasteiger partial charge in [-0.2, -0.15) is 8.78 Å². The van der Waals surface area contributed by atoms with Crippen LogP contribution in [0.2, 0.25) is 5.02 Å². The van der Waals surface area contributed by atoms with E-state index in [9.17, 15) is 26.7 Å². The molecule has 2 aromatic carbocycles. The van der Waals surface area contributed by atoms with Crippen LogP contribution in [0.15, 0.2) is 12.1 Å². The summed E-state index contributed by atoms with van der Waals surface area (Å²) in [5.41, 5.74) is 5.10. The zero-order valence-corrected chi connectivity index (χ0v) is 12.5. The number of hydrogen-bond acceptors (Lipinski definition) is 4. The lowest BCUT2D eigenvalue weighted by Gasteiger charge is -2.12. The Kier molecular flexibility index (Phi) is 4.83. The fourth-order valence-corrected chi connectivity index (χ4v) is 1.88. The van der Waals surface area contributed by atoms with E-state index in [1.165, 1.54) is 0 Å². The van der Waals surface area contributed by atoms with Crippen molar-refractivity contribution in [3.8, 4) is 11.5 Å². The molecule has 0 saturated heterocycles. The molecule has 0 bridgehead atoms. The van der Waals surface area contributed by atoms with Gasteiger partial charge in [0.15, 0.2) is 0 Å². The van der Waals surface area contributed by atoms with Gasteiger partial charge in [0.1, 0.15) is 11.3 Å². The summed E-state index contributed by atoms with van der Waals surface area (Å²) >= 11 is 5.72. The van der Waals surface area contributed by atoms with Gasteiger partial charge in [0.05, 0.1) is 17.8 Å². The normalized spacial score (nSPS) is 10.6. The Morgan fingerprint density at radius 2 is 1.50 bits per heavy atom. The number of nitrogen functional groups attached to an aromatic ring is 1. The van der Waals surface area contributed by atoms with E-state index < -0.39 is 46.4 Å². The van der Waals surface area contributed by atoms with E-state index >= 15 is 0 Å². The molecular formula is C14H7ClF5NO3. The fraction of sp³-hybridized carbons (Fsp3) is 0.0714. The predicted molar refractivity (Wildman–Crippen MR) is 73.6 cm³/mol. The van der Waals surface area contributed by atoms with Crippen LogP contribution in [-0.2, 0) is 0 Å². The first kappa shape index (κ1) is 17.8. The summed E-state index contributed by atoms with van der Waals surface area (Å²) in [6.45, 7) is 0. The third-order valence-electron chi connectivity index (χ3n) is 2.90. The van der Waals surface area contributed by atoms with Crippen LogP contribution in [0, 0.1) is 29.1 Å². The average Bonchev–Trinajstić information content (AvgIpc) is 2.56. The van der Waals surface area contributed by atoms with Gasteiger partial charge in [-0.05, 0) is 6.07 Å². The smallest absolute Gasteiger partial charge is 0.347 e. The maximum Gasteiger partial charge on any atom is 0.347 e. The molecule has 10 heteroatoms.